The Morgan fingerprint density at radius 1 is 1.03 bits per heavy atom. The largest absolute Gasteiger partial charge is 0.369 e. The number of carbonyl (C=O) groups excluding carboxylic acids is 1. The Morgan fingerprint density at radius 2 is 1.76 bits per heavy atom. The Bertz CT molecular complexity index is 826. The second kappa shape index (κ2) is 9.15. The predicted octanol–water partition coefficient (Wildman–Crippen LogP) is 2.10. The fourth-order valence-electron chi connectivity index (χ4n) is 4.01. The lowest BCUT2D eigenvalue weighted by atomic mass is 10.2. The van der Waals surface area contributed by atoms with Gasteiger partial charge in [-0.15, -0.1) is 0 Å². The Morgan fingerprint density at radius 3 is 2.41 bits per heavy atom. The van der Waals surface area contributed by atoms with E-state index in [1.165, 1.54) is 0 Å². The third-order valence-corrected chi connectivity index (χ3v) is 5.93. The molecule has 0 spiro atoms. The quantitative estimate of drug-likeness (QED) is 0.742. The summed E-state index contributed by atoms with van der Waals surface area (Å²) in [4.78, 5) is 21.6. The summed E-state index contributed by atoms with van der Waals surface area (Å²) in [6.07, 6.45) is 0. The van der Waals surface area contributed by atoms with Crippen molar-refractivity contribution in [3.05, 3.63) is 46.8 Å². The van der Waals surface area contributed by atoms with Crippen LogP contribution in [0.1, 0.15) is 11.5 Å². The second-order valence-electron chi connectivity index (χ2n) is 7.83. The highest BCUT2D eigenvalue weighted by atomic mass is 35.5. The smallest absolute Gasteiger partial charge is 0.236 e. The van der Waals surface area contributed by atoms with Crippen LogP contribution in [0.15, 0.2) is 34.9 Å². The average Bonchev–Trinajstić information content (AvgIpc) is 3.13. The SMILES string of the molecule is Cc1cc(CN2CCN(C(=O)CN3CCN(c4cccc(Cl)c4)CC3)CC2)no1. The molecule has 2 aliphatic rings. The maximum Gasteiger partial charge on any atom is 0.236 e. The van der Waals surface area contributed by atoms with E-state index in [-0.39, 0.29) is 5.91 Å². The fraction of sp³-hybridized carbons (Fsp3) is 0.524. The number of rotatable bonds is 5. The lowest BCUT2D eigenvalue weighted by Gasteiger charge is -2.38. The lowest BCUT2D eigenvalue weighted by Crippen LogP contribution is -2.53. The van der Waals surface area contributed by atoms with E-state index in [0.29, 0.717) is 6.54 Å². The Labute approximate surface area is 176 Å². The van der Waals surface area contributed by atoms with Gasteiger partial charge in [-0.25, -0.2) is 0 Å². The van der Waals surface area contributed by atoms with Crippen molar-refractivity contribution in [2.75, 3.05) is 63.8 Å². The second-order valence-corrected chi connectivity index (χ2v) is 8.27. The number of aromatic nitrogens is 1. The minimum atomic E-state index is 0.234. The molecule has 7 nitrogen and oxygen atoms in total. The van der Waals surface area contributed by atoms with Crippen molar-refractivity contribution in [2.24, 2.45) is 0 Å². The van der Waals surface area contributed by atoms with Crippen molar-refractivity contribution >= 4 is 23.2 Å². The maximum absolute atomic E-state index is 12.7. The number of piperazine rings is 2. The van der Waals surface area contributed by atoms with Gasteiger partial charge in [-0.05, 0) is 25.1 Å². The van der Waals surface area contributed by atoms with Crippen LogP contribution in [0.2, 0.25) is 5.02 Å². The molecule has 2 aliphatic heterocycles. The van der Waals surface area contributed by atoms with Gasteiger partial charge in [0.2, 0.25) is 5.91 Å². The van der Waals surface area contributed by atoms with Crippen molar-refractivity contribution in [3.63, 3.8) is 0 Å². The molecular weight excluding hydrogens is 390 g/mol. The molecule has 0 saturated carbocycles. The normalized spacial score (nSPS) is 19.0. The number of benzene rings is 1. The van der Waals surface area contributed by atoms with E-state index in [2.05, 4.69) is 25.9 Å². The Kier molecular flexibility index (Phi) is 6.37. The molecule has 2 aromatic rings. The molecule has 0 atom stereocenters. The standard InChI is InChI=1S/C21H28ClN5O2/c1-17-13-19(23-29-17)15-24-7-11-27(12-8-24)21(28)16-25-5-9-26(10-6-25)20-4-2-3-18(22)14-20/h2-4,13-14H,5-12,15-16H2,1H3. The molecule has 1 aromatic heterocycles. The van der Waals surface area contributed by atoms with E-state index < -0.39 is 0 Å². The summed E-state index contributed by atoms with van der Waals surface area (Å²) >= 11 is 6.11. The number of hydrogen-bond donors (Lipinski definition) is 0. The Balaban J connectivity index is 1.19. The van der Waals surface area contributed by atoms with Gasteiger partial charge < -0.3 is 14.3 Å². The van der Waals surface area contributed by atoms with Crippen molar-refractivity contribution in [3.8, 4) is 0 Å². The van der Waals surface area contributed by atoms with E-state index in [9.17, 15) is 4.79 Å². The van der Waals surface area contributed by atoms with Gasteiger partial charge in [0, 0.05) is 75.7 Å². The van der Waals surface area contributed by atoms with E-state index in [1.54, 1.807) is 0 Å². The van der Waals surface area contributed by atoms with E-state index >= 15 is 0 Å². The first-order chi connectivity index (χ1) is 14.1. The number of halogens is 1. The van der Waals surface area contributed by atoms with Gasteiger partial charge in [0.05, 0.1) is 12.2 Å². The number of aryl methyl sites for hydroxylation is 1. The van der Waals surface area contributed by atoms with Crippen LogP contribution in [0.5, 0.6) is 0 Å². The first-order valence-corrected chi connectivity index (χ1v) is 10.6. The molecule has 0 bridgehead atoms. The van der Waals surface area contributed by atoms with Crippen LogP contribution >= 0.6 is 11.6 Å². The van der Waals surface area contributed by atoms with E-state index in [0.717, 1.165) is 81.1 Å². The van der Waals surface area contributed by atoms with Crippen molar-refractivity contribution in [1.82, 2.24) is 19.9 Å². The molecule has 156 valence electrons. The monoisotopic (exact) mass is 417 g/mol. The summed E-state index contributed by atoms with van der Waals surface area (Å²) in [5.41, 5.74) is 2.11. The summed E-state index contributed by atoms with van der Waals surface area (Å²) in [6.45, 7) is 10.1. The summed E-state index contributed by atoms with van der Waals surface area (Å²) < 4.78 is 5.13. The van der Waals surface area contributed by atoms with Crippen LogP contribution < -0.4 is 4.90 Å². The molecule has 1 amide bonds. The van der Waals surface area contributed by atoms with Gasteiger partial charge in [0.1, 0.15) is 5.76 Å². The van der Waals surface area contributed by atoms with Gasteiger partial charge in [-0.1, -0.05) is 22.8 Å². The third-order valence-electron chi connectivity index (χ3n) is 5.69. The lowest BCUT2D eigenvalue weighted by molar-refractivity contribution is -0.134. The van der Waals surface area contributed by atoms with Gasteiger partial charge in [0.25, 0.3) is 0 Å². The summed E-state index contributed by atoms with van der Waals surface area (Å²) in [6, 6.07) is 9.94. The topological polar surface area (TPSA) is 56.1 Å². The van der Waals surface area contributed by atoms with Crippen LogP contribution in [-0.4, -0.2) is 84.7 Å². The highest BCUT2D eigenvalue weighted by molar-refractivity contribution is 6.30. The summed E-state index contributed by atoms with van der Waals surface area (Å²) in [7, 11) is 0. The van der Waals surface area contributed by atoms with Crippen LogP contribution in [0.4, 0.5) is 5.69 Å². The van der Waals surface area contributed by atoms with Crippen molar-refractivity contribution in [1.29, 1.82) is 0 Å². The molecule has 2 fully saturated rings. The first-order valence-electron chi connectivity index (χ1n) is 10.2. The molecule has 29 heavy (non-hydrogen) atoms. The van der Waals surface area contributed by atoms with Crippen LogP contribution in [-0.2, 0) is 11.3 Å². The molecule has 0 radical (unpaired) electrons. The molecule has 2 saturated heterocycles. The van der Waals surface area contributed by atoms with Crippen LogP contribution in [0.3, 0.4) is 0 Å². The van der Waals surface area contributed by atoms with Gasteiger partial charge in [-0.3, -0.25) is 14.6 Å². The zero-order valence-electron chi connectivity index (χ0n) is 16.9. The molecule has 4 rings (SSSR count). The van der Waals surface area contributed by atoms with E-state index in [4.69, 9.17) is 16.1 Å². The fourth-order valence-corrected chi connectivity index (χ4v) is 4.19. The first kappa shape index (κ1) is 20.2. The minimum Gasteiger partial charge on any atom is -0.369 e. The number of amides is 1. The molecule has 0 aliphatic carbocycles. The van der Waals surface area contributed by atoms with Gasteiger partial charge in [0.15, 0.2) is 0 Å². The molecule has 3 heterocycles. The highest BCUT2D eigenvalue weighted by Gasteiger charge is 2.25. The molecule has 0 unspecified atom stereocenters. The average molecular weight is 418 g/mol. The molecule has 8 heteroatoms. The number of nitrogens with zero attached hydrogens (tertiary/aromatic N) is 5. The van der Waals surface area contributed by atoms with Gasteiger partial charge in [-0.2, -0.15) is 0 Å². The van der Waals surface area contributed by atoms with Crippen molar-refractivity contribution < 1.29 is 9.32 Å². The summed E-state index contributed by atoms with van der Waals surface area (Å²) in [5, 5.41) is 4.82. The van der Waals surface area contributed by atoms with Crippen molar-refractivity contribution in [2.45, 2.75) is 13.5 Å². The molecule has 1 aromatic carbocycles. The number of carbonyl (C=O) groups is 1. The van der Waals surface area contributed by atoms with Crippen LogP contribution in [0, 0.1) is 6.92 Å². The van der Waals surface area contributed by atoms with Gasteiger partial charge >= 0.3 is 0 Å². The third kappa shape index (κ3) is 5.29. The zero-order valence-corrected chi connectivity index (χ0v) is 17.6. The number of hydrogen-bond acceptors (Lipinski definition) is 6. The predicted molar refractivity (Wildman–Crippen MR) is 113 cm³/mol. The number of anilines is 1. The maximum atomic E-state index is 12.7. The van der Waals surface area contributed by atoms with E-state index in [1.807, 2.05) is 36.1 Å². The summed E-state index contributed by atoms with van der Waals surface area (Å²) in [5.74, 6) is 1.07. The molecular formula is C21H28ClN5O2. The minimum absolute atomic E-state index is 0.234. The zero-order chi connectivity index (χ0) is 20.2. The highest BCUT2D eigenvalue weighted by Crippen LogP contribution is 2.20. The molecule has 0 N–H and O–H groups in total. The Hall–Kier alpha value is -2.09. The van der Waals surface area contributed by atoms with Crippen LogP contribution in [0.25, 0.3) is 0 Å².